The van der Waals surface area contributed by atoms with E-state index in [2.05, 4.69) is 0 Å². The highest BCUT2D eigenvalue weighted by Gasteiger charge is 2.40. The third-order valence-electron chi connectivity index (χ3n) is 4.77. The Morgan fingerprint density at radius 2 is 1.92 bits per heavy atom. The zero-order valence-corrected chi connectivity index (χ0v) is 14.0. The van der Waals surface area contributed by atoms with Gasteiger partial charge in [-0.25, -0.2) is 4.39 Å². The molecule has 0 bridgehead atoms. The molecule has 1 N–H and O–H groups in total. The predicted octanol–water partition coefficient (Wildman–Crippen LogP) is 3.81. The van der Waals surface area contributed by atoms with E-state index in [1.165, 1.54) is 12.1 Å². The summed E-state index contributed by atoms with van der Waals surface area (Å²) >= 11 is 0. The molecule has 2 atom stereocenters. The molecule has 1 heterocycles. The number of hydrogen-bond acceptors (Lipinski definition) is 2. The molecule has 1 aliphatic rings. The molecule has 2 aromatic carbocycles. The molecule has 1 fully saturated rings. The van der Waals surface area contributed by atoms with Gasteiger partial charge in [0.25, 0.3) is 5.91 Å². The van der Waals surface area contributed by atoms with Gasteiger partial charge < -0.3 is 10.0 Å². The fourth-order valence-electron chi connectivity index (χ4n) is 3.55. The van der Waals surface area contributed by atoms with E-state index in [-0.39, 0.29) is 5.91 Å². The lowest BCUT2D eigenvalue weighted by Gasteiger charge is -2.40. The minimum Gasteiger partial charge on any atom is -0.481 e. The second-order valence-corrected chi connectivity index (χ2v) is 6.40. The third kappa shape index (κ3) is 3.40. The Kier molecular flexibility index (Phi) is 4.83. The van der Waals surface area contributed by atoms with Crippen LogP contribution in [0.3, 0.4) is 0 Å². The van der Waals surface area contributed by atoms with Crippen LogP contribution in [0.15, 0.2) is 48.5 Å². The molecule has 1 amide bonds. The number of hydrogen-bond donors (Lipinski definition) is 1. The van der Waals surface area contributed by atoms with Gasteiger partial charge in [0.05, 0.1) is 12.0 Å². The van der Waals surface area contributed by atoms with Crippen LogP contribution in [-0.4, -0.2) is 28.4 Å². The zero-order chi connectivity index (χ0) is 18.0. The Morgan fingerprint density at radius 3 is 2.60 bits per heavy atom. The number of rotatable bonds is 3. The molecule has 0 unspecified atom stereocenters. The topological polar surface area (TPSA) is 57.6 Å². The van der Waals surface area contributed by atoms with E-state index in [1.54, 1.807) is 29.2 Å². The predicted molar refractivity (Wildman–Crippen MR) is 91.7 cm³/mol. The maximum absolute atomic E-state index is 13.7. The van der Waals surface area contributed by atoms with E-state index in [0.29, 0.717) is 30.5 Å². The summed E-state index contributed by atoms with van der Waals surface area (Å²) in [6.07, 6.45) is 1.08. The molecule has 0 spiro atoms. The van der Waals surface area contributed by atoms with Gasteiger partial charge in [-0.15, -0.1) is 0 Å². The number of carboxylic acids is 1. The number of carboxylic acid groups (broad SMARTS) is 1. The van der Waals surface area contributed by atoms with Crippen molar-refractivity contribution in [1.29, 1.82) is 0 Å². The number of carbonyl (C=O) groups excluding carboxylic acids is 1. The van der Waals surface area contributed by atoms with E-state index < -0.39 is 23.7 Å². The molecular weight excluding hydrogens is 321 g/mol. The quantitative estimate of drug-likeness (QED) is 0.923. The Balaban J connectivity index is 2.04. The van der Waals surface area contributed by atoms with Crippen LogP contribution < -0.4 is 0 Å². The highest BCUT2D eigenvalue weighted by Crippen LogP contribution is 2.37. The average Bonchev–Trinajstić information content (AvgIpc) is 2.61. The van der Waals surface area contributed by atoms with Gasteiger partial charge in [-0.1, -0.05) is 30.3 Å². The number of carbonyl (C=O) groups is 2. The molecule has 1 saturated heterocycles. The number of benzene rings is 2. The van der Waals surface area contributed by atoms with Gasteiger partial charge in [-0.05, 0) is 49.1 Å². The average molecular weight is 341 g/mol. The summed E-state index contributed by atoms with van der Waals surface area (Å²) in [4.78, 5) is 26.4. The normalized spacial score (nSPS) is 20.3. The summed E-state index contributed by atoms with van der Waals surface area (Å²) in [6, 6.07) is 12.4. The van der Waals surface area contributed by atoms with Gasteiger partial charge in [0.15, 0.2) is 0 Å². The summed E-state index contributed by atoms with van der Waals surface area (Å²) in [5, 5.41) is 9.63. The number of piperidine rings is 1. The van der Waals surface area contributed by atoms with Crippen molar-refractivity contribution in [3.05, 3.63) is 71.0 Å². The van der Waals surface area contributed by atoms with Crippen molar-refractivity contribution in [3.63, 3.8) is 0 Å². The number of likely N-dealkylation sites (tertiary alicyclic amines) is 1. The third-order valence-corrected chi connectivity index (χ3v) is 4.77. The van der Waals surface area contributed by atoms with Gasteiger partial charge in [-0.2, -0.15) is 0 Å². The molecule has 0 aliphatic carbocycles. The van der Waals surface area contributed by atoms with Crippen molar-refractivity contribution in [2.75, 3.05) is 6.54 Å². The maximum Gasteiger partial charge on any atom is 0.308 e. The van der Waals surface area contributed by atoms with Gasteiger partial charge in [0, 0.05) is 12.1 Å². The lowest BCUT2D eigenvalue weighted by molar-refractivity contribution is -0.145. The van der Waals surface area contributed by atoms with Crippen molar-refractivity contribution >= 4 is 11.9 Å². The molecule has 130 valence electrons. The Bertz CT molecular complexity index is 805. The first kappa shape index (κ1) is 17.1. The van der Waals surface area contributed by atoms with Crippen molar-refractivity contribution in [1.82, 2.24) is 4.90 Å². The number of amides is 1. The summed E-state index contributed by atoms with van der Waals surface area (Å²) in [5.41, 5.74) is 1.91. The largest absolute Gasteiger partial charge is 0.481 e. The SMILES string of the molecule is Cc1ccccc1C(=O)N1CCC[C@@H](C(=O)O)[C@H]1c1cccc(F)c1. The highest BCUT2D eigenvalue weighted by molar-refractivity contribution is 5.96. The Labute approximate surface area is 145 Å². The molecule has 1 aliphatic heterocycles. The van der Waals surface area contributed by atoms with Crippen LogP contribution in [0.25, 0.3) is 0 Å². The molecule has 4 nitrogen and oxygen atoms in total. The lowest BCUT2D eigenvalue weighted by Crippen LogP contribution is -2.45. The first-order chi connectivity index (χ1) is 12.0. The van der Waals surface area contributed by atoms with Crippen LogP contribution in [0.5, 0.6) is 0 Å². The summed E-state index contributed by atoms with van der Waals surface area (Å²) in [5.74, 6) is -2.35. The minimum absolute atomic E-state index is 0.210. The van der Waals surface area contributed by atoms with Crippen LogP contribution >= 0.6 is 0 Å². The summed E-state index contributed by atoms with van der Waals surface area (Å²) in [6.45, 7) is 2.31. The van der Waals surface area contributed by atoms with E-state index in [9.17, 15) is 19.1 Å². The van der Waals surface area contributed by atoms with Gasteiger partial charge in [0.2, 0.25) is 0 Å². The van der Waals surface area contributed by atoms with E-state index in [4.69, 9.17) is 0 Å². The summed E-state index contributed by atoms with van der Waals surface area (Å²) in [7, 11) is 0. The monoisotopic (exact) mass is 341 g/mol. The first-order valence-corrected chi connectivity index (χ1v) is 8.34. The van der Waals surface area contributed by atoms with Crippen LogP contribution in [0.1, 0.15) is 40.4 Å². The molecular formula is C20H20FNO3. The Hall–Kier alpha value is -2.69. The van der Waals surface area contributed by atoms with Crippen LogP contribution in [0, 0.1) is 18.7 Å². The van der Waals surface area contributed by atoms with Crippen molar-refractivity contribution < 1.29 is 19.1 Å². The fraction of sp³-hybridized carbons (Fsp3) is 0.300. The lowest BCUT2D eigenvalue weighted by atomic mass is 9.84. The molecule has 0 radical (unpaired) electrons. The van der Waals surface area contributed by atoms with E-state index >= 15 is 0 Å². The smallest absolute Gasteiger partial charge is 0.308 e. The highest BCUT2D eigenvalue weighted by atomic mass is 19.1. The molecule has 3 rings (SSSR count). The van der Waals surface area contributed by atoms with E-state index in [1.807, 2.05) is 19.1 Å². The second-order valence-electron chi connectivity index (χ2n) is 6.40. The molecule has 2 aromatic rings. The molecule has 0 saturated carbocycles. The van der Waals surface area contributed by atoms with Crippen molar-refractivity contribution in [2.45, 2.75) is 25.8 Å². The number of halogens is 1. The zero-order valence-electron chi connectivity index (χ0n) is 14.0. The van der Waals surface area contributed by atoms with Gasteiger partial charge in [0.1, 0.15) is 5.82 Å². The van der Waals surface area contributed by atoms with Crippen LogP contribution in [-0.2, 0) is 4.79 Å². The first-order valence-electron chi connectivity index (χ1n) is 8.34. The van der Waals surface area contributed by atoms with Crippen LogP contribution in [0.4, 0.5) is 4.39 Å². The Morgan fingerprint density at radius 1 is 1.16 bits per heavy atom. The molecule has 5 heteroatoms. The van der Waals surface area contributed by atoms with Gasteiger partial charge in [-0.3, -0.25) is 9.59 Å². The van der Waals surface area contributed by atoms with Gasteiger partial charge >= 0.3 is 5.97 Å². The minimum atomic E-state index is -0.962. The van der Waals surface area contributed by atoms with E-state index in [0.717, 1.165) is 5.56 Å². The van der Waals surface area contributed by atoms with Crippen LogP contribution in [0.2, 0.25) is 0 Å². The second kappa shape index (κ2) is 7.05. The van der Waals surface area contributed by atoms with Crippen molar-refractivity contribution in [3.8, 4) is 0 Å². The number of aliphatic carboxylic acids is 1. The standard InChI is InChI=1S/C20H20FNO3/c1-13-6-2-3-9-16(13)19(23)22-11-5-10-17(20(24)25)18(22)14-7-4-8-15(21)12-14/h2-4,6-9,12,17-18H,5,10-11H2,1H3,(H,24,25)/t17-,18-/m1/s1. The number of nitrogens with zero attached hydrogens (tertiary/aromatic N) is 1. The van der Waals surface area contributed by atoms with Crippen molar-refractivity contribution in [2.24, 2.45) is 5.92 Å². The molecule has 0 aromatic heterocycles. The maximum atomic E-state index is 13.7. The number of aryl methyl sites for hydroxylation is 1. The fourth-order valence-corrected chi connectivity index (χ4v) is 3.55. The molecule has 25 heavy (non-hydrogen) atoms. The summed E-state index contributed by atoms with van der Waals surface area (Å²) < 4.78 is 13.7.